The zero-order chi connectivity index (χ0) is 17.9. The van der Waals surface area contributed by atoms with Crippen LogP contribution in [0.3, 0.4) is 0 Å². The Hall–Kier alpha value is -1.98. The Morgan fingerprint density at radius 2 is 2.00 bits per heavy atom. The number of hydrogen-bond donors (Lipinski definition) is 2. The molecule has 1 amide bonds. The van der Waals surface area contributed by atoms with Gasteiger partial charge in [0, 0.05) is 12.3 Å². The maximum atomic E-state index is 11.8. The van der Waals surface area contributed by atoms with Crippen LogP contribution in [-0.4, -0.2) is 35.7 Å². The maximum absolute atomic E-state index is 11.8. The van der Waals surface area contributed by atoms with Crippen molar-refractivity contribution in [3.05, 3.63) is 65.7 Å². The molecule has 1 atom stereocenters. The van der Waals surface area contributed by atoms with Gasteiger partial charge in [-0.3, -0.25) is 4.79 Å². The molecule has 25 heavy (non-hydrogen) atoms. The van der Waals surface area contributed by atoms with Crippen molar-refractivity contribution in [3.63, 3.8) is 0 Å². The summed E-state index contributed by atoms with van der Waals surface area (Å²) >= 11 is 1.43. The zero-order valence-electron chi connectivity index (χ0n) is 14.5. The fraction of sp³-hybridized carbons (Fsp3) is 0.350. The summed E-state index contributed by atoms with van der Waals surface area (Å²) in [6.07, 6.45) is 0.221. The standard InChI is InChI=1S/C20H25NO3S/c1-16-7-5-10-18(13-16)24-12-6-11-21-20(23)15-25-14-19(22)17-8-3-2-4-9-17/h2-5,7-10,13,19,22H,6,11-12,14-15H2,1H3,(H,21,23). The number of ether oxygens (including phenoxy) is 1. The van der Waals surface area contributed by atoms with E-state index in [1.165, 1.54) is 17.3 Å². The third-order valence-electron chi connectivity index (χ3n) is 3.59. The molecule has 1 unspecified atom stereocenters. The summed E-state index contributed by atoms with van der Waals surface area (Å²) in [7, 11) is 0. The average Bonchev–Trinajstić information content (AvgIpc) is 2.62. The fourth-order valence-electron chi connectivity index (χ4n) is 2.28. The van der Waals surface area contributed by atoms with Gasteiger partial charge in [0.2, 0.25) is 5.91 Å². The molecule has 0 spiro atoms. The van der Waals surface area contributed by atoms with Crippen LogP contribution < -0.4 is 10.1 Å². The summed E-state index contributed by atoms with van der Waals surface area (Å²) in [5.41, 5.74) is 2.05. The summed E-state index contributed by atoms with van der Waals surface area (Å²) in [5.74, 6) is 1.70. The molecular weight excluding hydrogens is 334 g/mol. The molecule has 0 saturated carbocycles. The Morgan fingerprint density at radius 1 is 1.20 bits per heavy atom. The van der Waals surface area contributed by atoms with Crippen molar-refractivity contribution in [2.45, 2.75) is 19.4 Å². The molecule has 0 aromatic heterocycles. The Balaban J connectivity index is 1.52. The number of hydrogen-bond acceptors (Lipinski definition) is 4. The fourth-order valence-corrected chi connectivity index (χ4v) is 3.10. The largest absolute Gasteiger partial charge is 0.494 e. The van der Waals surface area contributed by atoms with Crippen molar-refractivity contribution in [2.75, 3.05) is 24.7 Å². The van der Waals surface area contributed by atoms with Crippen molar-refractivity contribution in [1.29, 1.82) is 0 Å². The van der Waals surface area contributed by atoms with Crippen LogP contribution in [-0.2, 0) is 4.79 Å². The average molecular weight is 359 g/mol. The van der Waals surface area contributed by atoms with Crippen LogP contribution in [0, 0.1) is 6.92 Å². The quantitative estimate of drug-likeness (QED) is 0.639. The van der Waals surface area contributed by atoms with Gasteiger partial charge < -0.3 is 15.2 Å². The zero-order valence-corrected chi connectivity index (χ0v) is 15.3. The van der Waals surface area contributed by atoms with Gasteiger partial charge in [-0.2, -0.15) is 0 Å². The van der Waals surface area contributed by atoms with E-state index in [0.29, 0.717) is 24.7 Å². The van der Waals surface area contributed by atoms with Crippen LogP contribution in [0.4, 0.5) is 0 Å². The predicted octanol–water partition coefficient (Wildman–Crippen LogP) is 3.35. The molecule has 2 aromatic rings. The lowest BCUT2D eigenvalue weighted by Crippen LogP contribution is -2.27. The van der Waals surface area contributed by atoms with Crippen molar-refractivity contribution in [2.24, 2.45) is 0 Å². The van der Waals surface area contributed by atoms with Gasteiger partial charge in [0.05, 0.1) is 18.5 Å². The van der Waals surface area contributed by atoms with Crippen LogP contribution in [0.25, 0.3) is 0 Å². The SMILES string of the molecule is Cc1cccc(OCCCNC(=O)CSCC(O)c2ccccc2)c1. The molecule has 0 radical (unpaired) electrons. The molecule has 134 valence electrons. The minimum atomic E-state index is -0.540. The van der Waals surface area contributed by atoms with E-state index in [0.717, 1.165) is 17.7 Å². The first-order valence-corrected chi connectivity index (χ1v) is 9.57. The third-order valence-corrected chi connectivity index (χ3v) is 4.61. The Morgan fingerprint density at radius 3 is 2.76 bits per heavy atom. The highest BCUT2D eigenvalue weighted by molar-refractivity contribution is 7.99. The van der Waals surface area contributed by atoms with Crippen molar-refractivity contribution in [3.8, 4) is 5.75 Å². The molecule has 4 nitrogen and oxygen atoms in total. The van der Waals surface area contributed by atoms with Crippen LogP contribution in [0.5, 0.6) is 5.75 Å². The molecule has 0 aliphatic rings. The molecular formula is C20H25NO3S. The number of carbonyl (C=O) groups is 1. The number of aliphatic hydroxyl groups is 1. The second kappa shape index (κ2) is 10.8. The van der Waals surface area contributed by atoms with E-state index >= 15 is 0 Å². The summed E-state index contributed by atoms with van der Waals surface area (Å²) in [6, 6.07) is 17.4. The van der Waals surface area contributed by atoms with Gasteiger partial charge in [-0.15, -0.1) is 11.8 Å². The van der Waals surface area contributed by atoms with Crippen molar-refractivity contribution < 1.29 is 14.6 Å². The van der Waals surface area contributed by atoms with Crippen LogP contribution in [0.2, 0.25) is 0 Å². The van der Waals surface area contributed by atoms with E-state index < -0.39 is 6.10 Å². The van der Waals surface area contributed by atoms with Gasteiger partial charge in [-0.1, -0.05) is 42.5 Å². The van der Waals surface area contributed by atoms with Gasteiger partial charge in [-0.05, 0) is 36.6 Å². The first kappa shape index (κ1) is 19.3. The lowest BCUT2D eigenvalue weighted by molar-refractivity contribution is -0.118. The molecule has 2 N–H and O–H groups in total. The first-order chi connectivity index (χ1) is 12.1. The summed E-state index contributed by atoms with van der Waals surface area (Å²) in [6.45, 7) is 3.19. The highest BCUT2D eigenvalue weighted by Gasteiger charge is 2.08. The molecule has 2 rings (SSSR count). The molecule has 0 bridgehead atoms. The molecule has 2 aromatic carbocycles. The third kappa shape index (κ3) is 7.63. The molecule has 0 aliphatic carbocycles. The number of thioether (sulfide) groups is 1. The smallest absolute Gasteiger partial charge is 0.229 e. The van der Waals surface area contributed by atoms with Gasteiger partial charge in [0.15, 0.2) is 0 Å². The molecule has 0 saturated heterocycles. The molecule has 5 heteroatoms. The van der Waals surface area contributed by atoms with Crippen molar-refractivity contribution in [1.82, 2.24) is 5.32 Å². The van der Waals surface area contributed by atoms with Crippen LogP contribution in [0.1, 0.15) is 23.7 Å². The summed E-state index contributed by atoms with van der Waals surface area (Å²) in [4.78, 5) is 11.8. The topological polar surface area (TPSA) is 58.6 Å². The van der Waals surface area contributed by atoms with E-state index in [4.69, 9.17) is 4.74 Å². The first-order valence-electron chi connectivity index (χ1n) is 8.42. The lowest BCUT2D eigenvalue weighted by atomic mass is 10.1. The lowest BCUT2D eigenvalue weighted by Gasteiger charge is -2.11. The van der Waals surface area contributed by atoms with E-state index in [9.17, 15) is 9.90 Å². The van der Waals surface area contributed by atoms with E-state index in [1.54, 1.807) is 0 Å². The number of aliphatic hydroxyl groups excluding tert-OH is 1. The number of aryl methyl sites for hydroxylation is 1. The second-order valence-electron chi connectivity index (χ2n) is 5.81. The van der Waals surface area contributed by atoms with Crippen LogP contribution >= 0.6 is 11.8 Å². The van der Waals surface area contributed by atoms with E-state index in [2.05, 4.69) is 5.32 Å². The molecule has 0 heterocycles. The van der Waals surface area contributed by atoms with Crippen LogP contribution in [0.15, 0.2) is 54.6 Å². The summed E-state index contributed by atoms with van der Waals surface area (Å²) in [5, 5.41) is 12.9. The van der Waals surface area contributed by atoms with Gasteiger partial charge >= 0.3 is 0 Å². The number of nitrogens with one attached hydrogen (secondary N) is 1. The Labute approximate surface area is 153 Å². The number of amides is 1. The number of rotatable bonds is 10. The Kier molecular flexibility index (Phi) is 8.35. The highest BCUT2D eigenvalue weighted by atomic mass is 32.2. The Bertz CT molecular complexity index is 648. The molecule has 0 aliphatic heterocycles. The highest BCUT2D eigenvalue weighted by Crippen LogP contribution is 2.17. The maximum Gasteiger partial charge on any atom is 0.229 e. The van der Waals surface area contributed by atoms with Crippen molar-refractivity contribution >= 4 is 17.7 Å². The summed E-state index contributed by atoms with van der Waals surface area (Å²) < 4.78 is 5.64. The number of carbonyl (C=O) groups excluding carboxylic acids is 1. The normalized spacial score (nSPS) is 11.8. The number of benzene rings is 2. The van der Waals surface area contributed by atoms with Gasteiger partial charge in [0.25, 0.3) is 0 Å². The predicted molar refractivity (Wildman–Crippen MR) is 103 cm³/mol. The second-order valence-corrected chi connectivity index (χ2v) is 6.84. The van der Waals surface area contributed by atoms with Gasteiger partial charge in [-0.25, -0.2) is 0 Å². The minimum Gasteiger partial charge on any atom is -0.494 e. The van der Waals surface area contributed by atoms with Gasteiger partial charge in [0.1, 0.15) is 5.75 Å². The monoisotopic (exact) mass is 359 g/mol. The minimum absolute atomic E-state index is 0.0131. The van der Waals surface area contributed by atoms with E-state index in [1.807, 2.05) is 61.5 Å². The molecule has 0 fully saturated rings. The van der Waals surface area contributed by atoms with E-state index in [-0.39, 0.29) is 5.91 Å².